The molecule has 0 N–H and O–H groups in total. The molecule has 0 aromatic carbocycles. The molecular weight excluding hydrogens is 214 g/mol. The molecule has 100 valence electrons. The van der Waals surface area contributed by atoms with Crippen LogP contribution in [0.1, 0.15) is 52.9 Å². The van der Waals surface area contributed by atoms with Crippen LogP contribution in [-0.4, -0.2) is 36.6 Å². The van der Waals surface area contributed by atoms with Gasteiger partial charge in [-0.15, -0.1) is 0 Å². The Morgan fingerprint density at radius 2 is 1.88 bits per heavy atom. The second-order valence-corrected chi connectivity index (χ2v) is 5.43. The van der Waals surface area contributed by atoms with Crippen molar-refractivity contribution in [3.63, 3.8) is 0 Å². The maximum Gasteiger partial charge on any atom is 0.319 e. The number of rotatable bonds is 5. The van der Waals surface area contributed by atoms with Gasteiger partial charge in [-0.05, 0) is 45.4 Å². The summed E-state index contributed by atoms with van der Waals surface area (Å²) in [5.74, 6) is 0.787. The lowest BCUT2D eigenvalue weighted by Crippen LogP contribution is -2.45. The summed E-state index contributed by atoms with van der Waals surface area (Å²) in [6, 6.07) is 0.981. The van der Waals surface area contributed by atoms with Crippen LogP contribution in [0, 0.1) is 5.92 Å². The van der Waals surface area contributed by atoms with E-state index >= 15 is 0 Å². The van der Waals surface area contributed by atoms with Crippen molar-refractivity contribution >= 4 is 5.97 Å². The SMILES string of the molecule is CCC1CCC(N(CC(=O)OC)C(C)C)CC1. The molecule has 0 spiro atoms. The van der Waals surface area contributed by atoms with Gasteiger partial charge in [-0.3, -0.25) is 9.69 Å². The maximum absolute atomic E-state index is 11.4. The van der Waals surface area contributed by atoms with E-state index in [4.69, 9.17) is 4.74 Å². The van der Waals surface area contributed by atoms with Crippen LogP contribution in [0.3, 0.4) is 0 Å². The van der Waals surface area contributed by atoms with Gasteiger partial charge in [0.1, 0.15) is 0 Å². The van der Waals surface area contributed by atoms with E-state index in [-0.39, 0.29) is 5.97 Å². The maximum atomic E-state index is 11.4. The molecule has 1 rings (SSSR count). The van der Waals surface area contributed by atoms with Gasteiger partial charge in [0, 0.05) is 12.1 Å². The molecule has 3 heteroatoms. The van der Waals surface area contributed by atoms with Crippen LogP contribution in [0.15, 0.2) is 0 Å². The lowest BCUT2D eigenvalue weighted by molar-refractivity contribution is -0.143. The second-order valence-electron chi connectivity index (χ2n) is 5.43. The van der Waals surface area contributed by atoms with Gasteiger partial charge in [0.25, 0.3) is 0 Å². The Labute approximate surface area is 106 Å². The molecule has 0 bridgehead atoms. The Bertz CT molecular complexity index is 232. The summed E-state index contributed by atoms with van der Waals surface area (Å²) in [5.41, 5.74) is 0. The number of esters is 1. The molecule has 0 aromatic heterocycles. The number of methoxy groups -OCH3 is 1. The zero-order valence-corrected chi connectivity index (χ0v) is 11.7. The molecule has 0 amide bonds. The highest BCUT2D eigenvalue weighted by Gasteiger charge is 2.28. The molecule has 0 heterocycles. The molecule has 3 nitrogen and oxygen atoms in total. The van der Waals surface area contributed by atoms with Crippen LogP contribution < -0.4 is 0 Å². The molecule has 0 aliphatic heterocycles. The lowest BCUT2D eigenvalue weighted by Gasteiger charge is -2.38. The minimum atomic E-state index is -0.115. The zero-order valence-electron chi connectivity index (χ0n) is 11.7. The summed E-state index contributed by atoms with van der Waals surface area (Å²) in [6.07, 6.45) is 6.38. The van der Waals surface area contributed by atoms with Crippen molar-refractivity contribution in [1.82, 2.24) is 4.90 Å². The number of nitrogens with zero attached hydrogens (tertiary/aromatic N) is 1. The van der Waals surface area contributed by atoms with Crippen molar-refractivity contribution in [2.24, 2.45) is 5.92 Å². The Kier molecular flexibility index (Phi) is 5.96. The molecular formula is C14H27NO2. The molecule has 1 saturated carbocycles. The Morgan fingerprint density at radius 3 is 2.29 bits per heavy atom. The Hall–Kier alpha value is -0.570. The number of hydrogen-bond donors (Lipinski definition) is 0. The van der Waals surface area contributed by atoms with E-state index in [0.29, 0.717) is 18.6 Å². The van der Waals surface area contributed by atoms with Crippen molar-refractivity contribution in [3.8, 4) is 0 Å². The van der Waals surface area contributed by atoms with Crippen molar-refractivity contribution in [3.05, 3.63) is 0 Å². The minimum absolute atomic E-state index is 0.115. The van der Waals surface area contributed by atoms with Crippen LogP contribution in [-0.2, 0) is 9.53 Å². The van der Waals surface area contributed by atoms with Crippen LogP contribution >= 0.6 is 0 Å². The summed E-state index contributed by atoms with van der Waals surface area (Å²) >= 11 is 0. The third-order valence-electron chi connectivity index (χ3n) is 4.07. The quantitative estimate of drug-likeness (QED) is 0.693. The highest BCUT2D eigenvalue weighted by Crippen LogP contribution is 2.30. The summed E-state index contributed by atoms with van der Waals surface area (Å²) in [4.78, 5) is 13.7. The molecule has 0 atom stereocenters. The minimum Gasteiger partial charge on any atom is -0.468 e. The average molecular weight is 241 g/mol. The van der Waals surface area contributed by atoms with E-state index in [1.807, 2.05) is 0 Å². The summed E-state index contributed by atoms with van der Waals surface area (Å²) < 4.78 is 4.78. The average Bonchev–Trinajstić information content (AvgIpc) is 2.35. The molecule has 0 aromatic rings. The first-order valence-electron chi connectivity index (χ1n) is 6.91. The van der Waals surface area contributed by atoms with Gasteiger partial charge in [-0.2, -0.15) is 0 Å². The van der Waals surface area contributed by atoms with Crippen LogP contribution in [0.2, 0.25) is 0 Å². The first kappa shape index (κ1) is 14.5. The molecule has 0 unspecified atom stereocenters. The fourth-order valence-corrected chi connectivity index (χ4v) is 2.83. The van der Waals surface area contributed by atoms with E-state index in [1.165, 1.54) is 39.2 Å². The first-order chi connectivity index (χ1) is 8.08. The standard InChI is InChI=1S/C14H27NO2/c1-5-12-6-8-13(9-7-12)15(11(2)3)10-14(16)17-4/h11-13H,5-10H2,1-4H3. The Morgan fingerprint density at radius 1 is 1.29 bits per heavy atom. The summed E-state index contributed by atoms with van der Waals surface area (Å²) in [6.45, 7) is 7.04. The first-order valence-corrected chi connectivity index (χ1v) is 6.91. The van der Waals surface area contributed by atoms with Crippen LogP contribution in [0.5, 0.6) is 0 Å². The van der Waals surface area contributed by atoms with E-state index in [2.05, 4.69) is 25.7 Å². The van der Waals surface area contributed by atoms with Crippen molar-refractivity contribution in [2.75, 3.05) is 13.7 Å². The Balaban J connectivity index is 2.51. The van der Waals surface area contributed by atoms with Gasteiger partial charge < -0.3 is 4.74 Å². The normalized spacial score (nSPS) is 25.3. The third-order valence-corrected chi connectivity index (χ3v) is 4.07. The predicted molar refractivity (Wildman–Crippen MR) is 69.9 cm³/mol. The number of carbonyl (C=O) groups is 1. The third kappa shape index (κ3) is 4.30. The largest absolute Gasteiger partial charge is 0.468 e. The lowest BCUT2D eigenvalue weighted by atomic mass is 9.83. The fraction of sp³-hybridized carbons (Fsp3) is 0.929. The highest BCUT2D eigenvalue weighted by molar-refractivity contribution is 5.71. The fourth-order valence-electron chi connectivity index (χ4n) is 2.83. The van der Waals surface area contributed by atoms with E-state index < -0.39 is 0 Å². The van der Waals surface area contributed by atoms with Crippen LogP contribution in [0.25, 0.3) is 0 Å². The van der Waals surface area contributed by atoms with E-state index in [1.54, 1.807) is 0 Å². The van der Waals surface area contributed by atoms with Gasteiger partial charge in [-0.1, -0.05) is 13.3 Å². The summed E-state index contributed by atoms with van der Waals surface area (Å²) in [5, 5.41) is 0. The van der Waals surface area contributed by atoms with Gasteiger partial charge >= 0.3 is 5.97 Å². The number of hydrogen-bond acceptors (Lipinski definition) is 3. The molecule has 17 heavy (non-hydrogen) atoms. The molecule has 0 saturated heterocycles. The molecule has 1 aliphatic rings. The van der Waals surface area contributed by atoms with E-state index in [0.717, 1.165) is 5.92 Å². The molecule has 1 fully saturated rings. The van der Waals surface area contributed by atoms with Crippen LogP contribution in [0.4, 0.5) is 0 Å². The monoisotopic (exact) mass is 241 g/mol. The van der Waals surface area contributed by atoms with Gasteiger partial charge in [-0.25, -0.2) is 0 Å². The summed E-state index contributed by atoms with van der Waals surface area (Å²) in [7, 11) is 1.47. The topological polar surface area (TPSA) is 29.5 Å². The zero-order chi connectivity index (χ0) is 12.8. The second kappa shape index (κ2) is 7.00. The molecule has 1 aliphatic carbocycles. The van der Waals surface area contributed by atoms with Gasteiger partial charge in [0.05, 0.1) is 13.7 Å². The van der Waals surface area contributed by atoms with Gasteiger partial charge in [0.15, 0.2) is 0 Å². The van der Waals surface area contributed by atoms with Crippen molar-refractivity contribution in [1.29, 1.82) is 0 Å². The highest BCUT2D eigenvalue weighted by atomic mass is 16.5. The van der Waals surface area contributed by atoms with Crippen molar-refractivity contribution in [2.45, 2.75) is 65.0 Å². The smallest absolute Gasteiger partial charge is 0.319 e. The van der Waals surface area contributed by atoms with Crippen molar-refractivity contribution < 1.29 is 9.53 Å². The van der Waals surface area contributed by atoms with E-state index in [9.17, 15) is 4.79 Å². The number of ether oxygens (including phenoxy) is 1. The van der Waals surface area contributed by atoms with Gasteiger partial charge in [0.2, 0.25) is 0 Å². The predicted octanol–water partition coefficient (Wildman–Crippen LogP) is 2.84. The molecule has 0 radical (unpaired) electrons. The number of carbonyl (C=O) groups excluding carboxylic acids is 1.